The quantitative estimate of drug-likeness (QED) is 0.751. The van der Waals surface area contributed by atoms with Crippen LogP contribution in [-0.4, -0.2) is 24.4 Å². The molecule has 0 spiro atoms. The molecule has 16 heavy (non-hydrogen) atoms. The van der Waals surface area contributed by atoms with Crippen LogP contribution >= 0.6 is 0 Å². The molecule has 0 atom stereocenters. The molecular formula is C13H18FNO. The molecule has 0 saturated carbocycles. The molecular weight excluding hydrogens is 205 g/mol. The fourth-order valence-corrected chi connectivity index (χ4v) is 1.46. The van der Waals surface area contributed by atoms with Crippen molar-refractivity contribution in [3.05, 3.63) is 35.6 Å². The molecule has 0 fully saturated rings. The summed E-state index contributed by atoms with van der Waals surface area (Å²) in [6.45, 7) is 2.82. The number of nitrogens with zero attached hydrogens (tertiary/aromatic N) is 1. The average Bonchev–Trinajstić information content (AvgIpc) is 2.28. The maximum absolute atomic E-state index is 13.3. The molecule has 0 unspecified atom stereocenters. The molecule has 1 amide bonds. The van der Waals surface area contributed by atoms with E-state index < -0.39 is 0 Å². The number of hydrogen-bond acceptors (Lipinski definition) is 1. The highest BCUT2D eigenvalue weighted by molar-refractivity contribution is 5.78. The first-order valence-corrected chi connectivity index (χ1v) is 5.62. The Hall–Kier alpha value is -1.38. The van der Waals surface area contributed by atoms with E-state index in [0.717, 1.165) is 19.4 Å². The van der Waals surface area contributed by atoms with Gasteiger partial charge in [-0.25, -0.2) is 4.39 Å². The van der Waals surface area contributed by atoms with Crippen LogP contribution in [0.2, 0.25) is 0 Å². The largest absolute Gasteiger partial charge is 0.345 e. The van der Waals surface area contributed by atoms with Gasteiger partial charge >= 0.3 is 0 Å². The summed E-state index contributed by atoms with van der Waals surface area (Å²) in [5.74, 6) is -0.335. The van der Waals surface area contributed by atoms with E-state index in [0.29, 0.717) is 5.56 Å². The Morgan fingerprint density at radius 1 is 1.38 bits per heavy atom. The molecule has 0 aliphatic rings. The second kappa shape index (κ2) is 6.26. The molecule has 0 bridgehead atoms. The Balaban J connectivity index is 2.54. The second-order valence-corrected chi connectivity index (χ2v) is 3.94. The van der Waals surface area contributed by atoms with Crippen LogP contribution in [0.3, 0.4) is 0 Å². The lowest BCUT2D eigenvalue weighted by molar-refractivity contribution is -0.129. The third kappa shape index (κ3) is 3.65. The molecule has 0 aromatic heterocycles. The van der Waals surface area contributed by atoms with Crippen molar-refractivity contribution in [1.29, 1.82) is 0 Å². The number of hydrogen-bond donors (Lipinski definition) is 0. The minimum absolute atomic E-state index is 0.0291. The van der Waals surface area contributed by atoms with Gasteiger partial charge in [-0.3, -0.25) is 4.79 Å². The summed E-state index contributed by atoms with van der Waals surface area (Å²) in [6, 6.07) is 6.41. The van der Waals surface area contributed by atoms with Crippen molar-refractivity contribution in [3.8, 4) is 0 Å². The number of amides is 1. The fourth-order valence-electron chi connectivity index (χ4n) is 1.46. The number of carbonyl (C=O) groups excluding carboxylic acids is 1. The van der Waals surface area contributed by atoms with E-state index in [2.05, 4.69) is 6.92 Å². The van der Waals surface area contributed by atoms with Crippen molar-refractivity contribution < 1.29 is 9.18 Å². The van der Waals surface area contributed by atoms with Crippen LogP contribution in [0.5, 0.6) is 0 Å². The number of halogens is 1. The van der Waals surface area contributed by atoms with Gasteiger partial charge in [-0.1, -0.05) is 31.5 Å². The monoisotopic (exact) mass is 223 g/mol. The maximum Gasteiger partial charge on any atom is 0.226 e. The van der Waals surface area contributed by atoms with Crippen molar-refractivity contribution in [1.82, 2.24) is 4.90 Å². The Morgan fingerprint density at radius 3 is 2.69 bits per heavy atom. The number of unbranched alkanes of at least 4 members (excludes halogenated alkanes) is 1. The minimum Gasteiger partial charge on any atom is -0.345 e. The molecule has 1 aromatic rings. The van der Waals surface area contributed by atoms with E-state index in [-0.39, 0.29) is 18.1 Å². The molecule has 0 heterocycles. The van der Waals surface area contributed by atoms with Crippen LogP contribution in [0.25, 0.3) is 0 Å². The molecule has 88 valence electrons. The van der Waals surface area contributed by atoms with E-state index in [1.54, 1.807) is 30.1 Å². The number of carbonyl (C=O) groups is 1. The Morgan fingerprint density at radius 2 is 2.06 bits per heavy atom. The van der Waals surface area contributed by atoms with E-state index in [1.807, 2.05) is 0 Å². The molecule has 1 rings (SSSR count). The van der Waals surface area contributed by atoms with E-state index in [4.69, 9.17) is 0 Å². The summed E-state index contributed by atoms with van der Waals surface area (Å²) in [6.07, 6.45) is 2.18. The zero-order valence-electron chi connectivity index (χ0n) is 9.87. The summed E-state index contributed by atoms with van der Waals surface area (Å²) in [5.41, 5.74) is 0.468. The zero-order valence-corrected chi connectivity index (χ0v) is 9.87. The lowest BCUT2D eigenvalue weighted by atomic mass is 10.1. The Bertz CT molecular complexity index is 352. The van der Waals surface area contributed by atoms with Gasteiger partial charge in [-0.2, -0.15) is 0 Å². The van der Waals surface area contributed by atoms with Crippen LogP contribution < -0.4 is 0 Å². The van der Waals surface area contributed by atoms with E-state index >= 15 is 0 Å². The molecule has 0 radical (unpaired) electrons. The summed E-state index contributed by atoms with van der Waals surface area (Å²) in [5, 5.41) is 0. The van der Waals surface area contributed by atoms with Crippen molar-refractivity contribution in [2.45, 2.75) is 26.2 Å². The highest BCUT2D eigenvalue weighted by Crippen LogP contribution is 2.08. The highest BCUT2D eigenvalue weighted by atomic mass is 19.1. The summed E-state index contributed by atoms with van der Waals surface area (Å²) >= 11 is 0. The van der Waals surface area contributed by atoms with Gasteiger partial charge in [0.05, 0.1) is 6.42 Å². The lowest BCUT2D eigenvalue weighted by Crippen LogP contribution is -2.29. The van der Waals surface area contributed by atoms with Crippen LogP contribution in [0.15, 0.2) is 24.3 Å². The van der Waals surface area contributed by atoms with Gasteiger partial charge in [0.25, 0.3) is 0 Å². The first-order valence-electron chi connectivity index (χ1n) is 5.62. The molecule has 1 aromatic carbocycles. The van der Waals surface area contributed by atoms with Gasteiger partial charge in [0.15, 0.2) is 0 Å². The minimum atomic E-state index is -0.306. The SMILES string of the molecule is CCCCN(C)C(=O)Cc1ccccc1F. The molecule has 0 aliphatic carbocycles. The standard InChI is InChI=1S/C13H18FNO/c1-3-4-9-15(2)13(16)10-11-7-5-6-8-12(11)14/h5-8H,3-4,9-10H2,1-2H3. The number of benzene rings is 1. The van der Waals surface area contributed by atoms with E-state index in [9.17, 15) is 9.18 Å². The fraction of sp³-hybridized carbons (Fsp3) is 0.462. The summed E-state index contributed by atoms with van der Waals surface area (Å²) in [7, 11) is 1.76. The Kier molecular flexibility index (Phi) is 4.96. The summed E-state index contributed by atoms with van der Waals surface area (Å²) in [4.78, 5) is 13.4. The van der Waals surface area contributed by atoms with Gasteiger partial charge in [-0.05, 0) is 18.1 Å². The molecule has 0 saturated heterocycles. The predicted octanol–water partition coefficient (Wildman–Crippen LogP) is 2.63. The van der Waals surface area contributed by atoms with Gasteiger partial charge in [0.2, 0.25) is 5.91 Å². The first-order chi connectivity index (χ1) is 7.65. The number of likely N-dealkylation sites (N-methyl/N-ethyl adjacent to an activating group) is 1. The van der Waals surface area contributed by atoms with E-state index in [1.165, 1.54) is 6.07 Å². The zero-order chi connectivity index (χ0) is 12.0. The van der Waals surface area contributed by atoms with Crippen LogP contribution in [0.1, 0.15) is 25.3 Å². The number of rotatable bonds is 5. The van der Waals surface area contributed by atoms with Crippen molar-refractivity contribution in [3.63, 3.8) is 0 Å². The lowest BCUT2D eigenvalue weighted by Gasteiger charge is -2.16. The van der Waals surface area contributed by atoms with Gasteiger partial charge in [0, 0.05) is 13.6 Å². The average molecular weight is 223 g/mol. The van der Waals surface area contributed by atoms with Gasteiger partial charge in [0.1, 0.15) is 5.82 Å². The maximum atomic E-state index is 13.3. The van der Waals surface area contributed by atoms with Crippen LogP contribution in [0.4, 0.5) is 4.39 Å². The van der Waals surface area contributed by atoms with Crippen LogP contribution in [-0.2, 0) is 11.2 Å². The highest BCUT2D eigenvalue weighted by Gasteiger charge is 2.11. The summed E-state index contributed by atoms with van der Waals surface area (Å²) < 4.78 is 13.3. The molecule has 0 aliphatic heterocycles. The molecule has 3 heteroatoms. The third-order valence-corrected chi connectivity index (χ3v) is 2.57. The second-order valence-electron chi connectivity index (χ2n) is 3.94. The van der Waals surface area contributed by atoms with Gasteiger partial charge < -0.3 is 4.90 Å². The topological polar surface area (TPSA) is 20.3 Å². The normalized spacial score (nSPS) is 10.2. The first kappa shape index (κ1) is 12.7. The Labute approximate surface area is 96.1 Å². The van der Waals surface area contributed by atoms with Crippen LogP contribution in [0, 0.1) is 5.82 Å². The molecule has 0 N–H and O–H groups in total. The van der Waals surface area contributed by atoms with Crippen molar-refractivity contribution in [2.75, 3.05) is 13.6 Å². The third-order valence-electron chi connectivity index (χ3n) is 2.57. The predicted molar refractivity (Wildman–Crippen MR) is 62.6 cm³/mol. The van der Waals surface area contributed by atoms with Crippen molar-refractivity contribution in [2.24, 2.45) is 0 Å². The van der Waals surface area contributed by atoms with Gasteiger partial charge in [-0.15, -0.1) is 0 Å². The molecule has 2 nitrogen and oxygen atoms in total. The smallest absolute Gasteiger partial charge is 0.226 e. The van der Waals surface area contributed by atoms with Crippen molar-refractivity contribution >= 4 is 5.91 Å².